The van der Waals surface area contributed by atoms with E-state index in [4.69, 9.17) is 0 Å². The maximum atomic E-state index is 3.62. The zero-order chi connectivity index (χ0) is 15.4. The largest absolute Gasteiger partial charge is 0.314 e. The Hall–Kier alpha value is -0.810. The molecule has 0 radical (unpaired) electrons. The molecule has 116 valence electrons. The SMILES string of the molecule is CSc1ccc(C(c2cccc(Br)c2)N2CCNCC2)cc1. The summed E-state index contributed by atoms with van der Waals surface area (Å²) in [6, 6.07) is 18.0. The minimum Gasteiger partial charge on any atom is -0.314 e. The molecule has 0 aromatic heterocycles. The van der Waals surface area contributed by atoms with Gasteiger partial charge in [0.2, 0.25) is 0 Å². The summed E-state index contributed by atoms with van der Waals surface area (Å²) < 4.78 is 1.14. The molecule has 2 aromatic rings. The maximum absolute atomic E-state index is 3.62. The van der Waals surface area contributed by atoms with Crippen molar-refractivity contribution in [1.82, 2.24) is 10.2 Å². The molecule has 0 bridgehead atoms. The molecular formula is C18H21BrN2S. The first-order valence-electron chi connectivity index (χ1n) is 7.62. The third-order valence-corrected chi connectivity index (χ3v) is 5.35. The Balaban J connectivity index is 1.97. The normalized spacial score (nSPS) is 17.4. The van der Waals surface area contributed by atoms with Crippen molar-refractivity contribution in [3.63, 3.8) is 0 Å². The van der Waals surface area contributed by atoms with E-state index in [1.807, 2.05) is 0 Å². The van der Waals surface area contributed by atoms with Crippen LogP contribution in [0.15, 0.2) is 57.9 Å². The van der Waals surface area contributed by atoms with Crippen molar-refractivity contribution in [2.45, 2.75) is 10.9 Å². The second kappa shape index (κ2) is 7.64. The molecule has 4 heteroatoms. The minimum atomic E-state index is 0.329. The summed E-state index contributed by atoms with van der Waals surface area (Å²) in [4.78, 5) is 3.89. The Bertz CT molecular complexity index is 609. The molecule has 0 saturated carbocycles. The molecule has 1 atom stereocenters. The van der Waals surface area contributed by atoms with Gasteiger partial charge in [-0.15, -0.1) is 11.8 Å². The van der Waals surface area contributed by atoms with Gasteiger partial charge in [-0.05, 0) is 41.6 Å². The second-order valence-electron chi connectivity index (χ2n) is 5.52. The minimum absolute atomic E-state index is 0.329. The van der Waals surface area contributed by atoms with Gasteiger partial charge < -0.3 is 5.32 Å². The molecular weight excluding hydrogens is 356 g/mol. The number of halogens is 1. The monoisotopic (exact) mass is 376 g/mol. The first-order chi connectivity index (χ1) is 10.8. The van der Waals surface area contributed by atoms with Crippen LogP contribution in [0.4, 0.5) is 0 Å². The Labute approximate surface area is 145 Å². The average molecular weight is 377 g/mol. The molecule has 1 heterocycles. The van der Waals surface area contributed by atoms with Crippen LogP contribution >= 0.6 is 27.7 Å². The molecule has 2 nitrogen and oxygen atoms in total. The fraction of sp³-hybridized carbons (Fsp3) is 0.333. The molecule has 1 N–H and O–H groups in total. The molecule has 2 aromatic carbocycles. The summed E-state index contributed by atoms with van der Waals surface area (Å²) in [5.41, 5.74) is 2.73. The van der Waals surface area contributed by atoms with Crippen LogP contribution in [0.5, 0.6) is 0 Å². The highest BCUT2D eigenvalue weighted by molar-refractivity contribution is 9.10. The number of hydrogen-bond donors (Lipinski definition) is 1. The van der Waals surface area contributed by atoms with Crippen molar-refractivity contribution < 1.29 is 0 Å². The highest BCUT2D eigenvalue weighted by Crippen LogP contribution is 2.31. The van der Waals surface area contributed by atoms with Gasteiger partial charge in [-0.2, -0.15) is 0 Å². The molecule has 1 unspecified atom stereocenters. The van der Waals surface area contributed by atoms with Gasteiger partial charge in [0.05, 0.1) is 6.04 Å². The summed E-state index contributed by atoms with van der Waals surface area (Å²) >= 11 is 5.41. The van der Waals surface area contributed by atoms with Crippen LogP contribution in [0.1, 0.15) is 17.2 Å². The van der Waals surface area contributed by atoms with E-state index in [1.165, 1.54) is 16.0 Å². The third kappa shape index (κ3) is 3.74. The van der Waals surface area contributed by atoms with Crippen molar-refractivity contribution in [2.75, 3.05) is 32.4 Å². The zero-order valence-electron chi connectivity index (χ0n) is 12.8. The van der Waals surface area contributed by atoms with Crippen molar-refractivity contribution in [1.29, 1.82) is 0 Å². The Morgan fingerprint density at radius 2 is 1.77 bits per heavy atom. The van der Waals surface area contributed by atoms with Gasteiger partial charge in [0.15, 0.2) is 0 Å². The van der Waals surface area contributed by atoms with Gasteiger partial charge in [-0.3, -0.25) is 4.90 Å². The van der Waals surface area contributed by atoms with Gasteiger partial charge in [0.1, 0.15) is 0 Å². The standard InChI is InChI=1S/C18H21BrN2S/c1-22-17-7-5-14(6-8-17)18(21-11-9-20-10-12-21)15-3-2-4-16(19)13-15/h2-8,13,18,20H,9-12H2,1H3. The van der Waals surface area contributed by atoms with E-state index < -0.39 is 0 Å². The summed E-state index contributed by atoms with van der Waals surface area (Å²) in [7, 11) is 0. The number of piperazine rings is 1. The zero-order valence-corrected chi connectivity index (χ0v) is 15.2. The first-order valence-corrected chi connectivity index (χ1v) is 9.64. The van der Waals surface area contributed by atoms with Crippen LogP contribution in [0.2, 0.25) is 0 Å². The summed E-state index contributed by atoms with van der Waals surface area (Å²) in [6.45, 7) is 4.30. The smallest absolute Gasteiger partial charge is 0.0603 e. The molecule has 0 spiro atoms. The number of hydrogen-bond acceptors (Lipinski definition) is 3. The molecule has 0 aliphatic carbocycles. The number of benzene rings is 2. The molecule has 1 fully saturated rings. The number of nitrogens with zero attached hydrogens (tertiary/aromatic N) is 1. The molecule has 22 heavy (non-hydrogen) atoms. The van der Waals surface area contributed by atoms with E-state index in [-0.39, 0.29) is 0 Å². The van der Waals surface area contributed by atoms with Crippen LogP contribution in [-0.2, 0) is 0 Å². The van der Waals surface area contributed by atoms with Crippen molar-refractivity contribution in [3.8, 4) is 0 Å². The lowest BCUT2D eigenvalue weighted by molar-refractivity contribution is 0.198. The summed E-state index contributed by atoms with van der Waals surface area (Å²) in [5.74, 6) is 0. The number of thioether (sulfide) groups is 1. The van der Waals surface area contributed by atoms with E-state index in [0.717, 1.165) is 30.7 Å². The van der Waals surface area contributed by atoms with E-state index in [2.05, 4.69) is 80.9 Å². The lowest BCUT2D eigenvalue weighted by Gasteiger charge is -2.35. The van der Waals surface area contributed by atoms with Gasteiger partial charge >= 0.3 is 0 Å². The molecule has 1 saturated heterocycles. The van der Waals surface area contributed by atoms with Crippen LogP contribution in [0.3, 0.4) is 0 Å². The van der Waals surface area contributed by atoms with Crippen molar-refractivity contribution >= 4 is 27.7 Å². The maximum Gasteiger partial charge on any atom is 0.0603 e. The fourth-order valence-corrected chi connectivity index (χ4v) is 3.84. The fourth-order valence-electron chi connectivity index (χ4n) is 3.02. The quantitative estimate of drug-likeness (QED) is 0.806. The number of rotatable bonds is 4. The van der Waals surface area contributed by atoms with E-state index in [1.54, 1.807) is 11.8 Å². The number of nitrogens with one attached hydrogen (secondary N) is 1. The Morgan fingerprint density at radius 3 is 2.41 bits per heavy atom. The van der Waals surface area contributed by atoms with Gasteiger partial charge in [0.25, 0.3) is 0 Å². The van der Waals surface area contributed by atoms with E-state index >= 15 is 0 Å². The van der Waals surface area contributed by atoms with Crippen molar-refractivity contribution in [3.05, 3.63) is 64.1 Å². The van der Waals surface area contributed by atoms with Crippen molar-refractivity contribution in [2.24, 2.45) is 0 Å². The topological polar surface area (TPSA) is 15.3 Å². The lowest BCUT2D eigenvalue weighted by atomic mass is 9.96. The lowest BCUT2D eigenvalue weighted by Crippen LogP contribution is -2.45. The predicted octanol–water partition coefficient (Wildman–Crippen LogP) is 4.17. The Kier molecular flexibility index (Phi) is 5.58. The second-order valence-corrected chi connectivity index (χ2v) is 7.31. The van der Waals surface area contributed by atoms with Gasteiger partial charge in [-0.25, -0.2) is 0 Å². The van der Waals surface area contributed by atoms with Crippen LogP contribution in [0, 0.1) is 0 Å². The first kappa shape index (κ1) is 16.1. The predicted molar refractivity (Wildman–Crippen MR) is 98.7 cm³/mol. The third-order valence-electron chi connectivity index (χ3n) is 4.11. The highest BCUT2D eigenvalue weighted by Gasteiger charge is 2.23. The molecule has 3 rings (SSSR count). The van der Waals surface area contributed by atoms with Crippen LogP contribution < -0.4 is 5.32 Å². The van der Waals surface area contributed by atoms with Crippen LogP contribution in [0.25, 0.3) is 0 Å². The summed E-state index contributed by atoms with van der Waals surface area (Å²) in [5, 5.41) is 3.45. The molecule has 1 aliphatic heterocycles. The van der Waals surface area contributed by atoms with E-state index in [9.17, 15) is 0 Å². The summed E-state index contributed by atoms with van der Waals surface area (Å²) in [6.07, 6.45) is 2.12. The van der Waals surface area contributed by atoms with Gasteiger partial charge in [-0.1, -0.05) is 40.2 Å². The molecule has 0 amide bonds. The average Bonchev–Trinajstić information content (AvgIpc) is 2.57. The molecule has 1 aliphatic rings. The van der Waals surface area contributed by atoms with Crippen LogP contribution in [-0.4, -0.2) is 37.3 Å². The Morgan fingerprint density at radius 1 is 1.05 bits per heavy atom. The highest BCUT2D eigenvalue weighted by atomic mass is 79.9. The van der Waals surface area contributed by atoms with E-state index in [0.29, 0.717) is 6.04 Å². The van der Waals surface area contributed by atoms with Gasteiger partial charge in [0, 0.05) is 35.5 Å².